The minimum Gasteiger partial charge on any atom is -0.289 e. The third-order valence-electron chi connectivity index (χ3n) is 7.36. The molecule has 178 valence electrons. The lowest BCUT2D eigenvalue weighted by Gasteiger charge is -2.08. The van der Waals surface area contributed by atoms with Crippen LogP contribution in [0.4, 0.5) is 0 Å². The van der Waals surface area contributed by atoms with Crippen molar-refractivity contribution in [3.63, 3.8) is 0 Å². The van der Waals surface area contributed by atoms with E-state index in [4.69, 9.17) is 0 Å². The molecule has 5 aromatic carbocycles. The summed E-state index contributed by atoms with van der Waals surface area (Å²) < 4.78 is 0. The van der Waals surface area contributed by atoms with Gasteiger partial charge in [0.15, 0.2) is 23.1 Å². The van der Waals surface area contributed by atoms with E-state index in [0.29, 0.717) is 44.5 Å². The summed E-state index contributed by atoms with van der Waals surface area (Å²) in [5, 5.41) is 0. The zero-order chi connectivity index (χ0) is 26.0. The molecular formula is C34H18O4. The summed E-state index contributed by atoms with van der Waals surface area (Å²) >= 11 is 0. The minimum absolute atomic E-state index is 0.0949. The molecule has 0 fully saturated rings. The number of carbonyl (C=O) groups is 4. The molecule has 2 aliphatic rings. The van der Waals surface area contributed by atoms with Gasteiger partial charge >= 0.3 is 0 Å². The average Bonchev–Trinajstić information content (AvgIpc) is 3.43. The lowest BCUT2D eigenvalue weighted by Crippen LogP contribution is -2.07. The number of ketones is 4. The number of fused-ring (bicyclic) bond motifs is 6. The topological polar surface area (TPSA) is 68.3 Å². The molecule has 0 unspecified atom stereocenters. The highest BCUT2D eigenvalue weighted by Crippen LogP contribution is 2.38. The van der Waals surface area contributed by atoms with Crippen LogP contribution < -0.4 is 0 Å². The monoisotopic (exact) mass is 490 g/mol. The molecule has 0 radical (unpaired) electrons. The first kappa shape index (κ1) is 22.0. The Morgan fingerprint density at radius 2 is 0.711 bits per heavy atom. The maximum Gasteiger partial charge on any atom is 0.194 e. The molecule has 0 aromatic heterocycles. The summed E-state index contributed by atoms with van der Waals surface area (Å²) in [6.45, 7) is 0. The van der Waals surface area contributed by atoms with Crippen molar-refractivity contribution in [3.05, 3.63) is 154 Å². The second-order valence-electron chi connectivity index (χ2n) is 9.51. The third kappa shape index (κ3) is 3.17. The SMILES string of the molecule is O=C(c1cccc(C(=O)c2ccc3c(c2)C(=O)c2ccccc2-3)c1)c1ccc2c(c1)C(=O)c1ccccc1-2. The van der Waals surface area contributed by atoms with Crippen molar-refractivity contribution in [1.82, 2.24) is 0 Å². The lowest BCUT2D eigenvalue weighted by atomic mass is 9.94. The van der Waals surface area contributed by atoms with Crippen LogP contribution >= 0.6 is 0 Å². The van der Waals surface area contributed by atoms with Crippen molar-refractivity contribution in [2.45, 2.75) is 0 Å². The molecule has 0 saturated carbocycles. The van der Waals surface area contributed by atoms with Gasteiger partial charge in [-0.2, -0.15) is 0 Å². The van der Waals surface area contributed by atoms with Gasteiger partial charge in [0.05, 0.1) is 0 Å². The largest absolute Gasteiger partial charge is 0.289 e. The predicted octanol–water partition coefficient (Wildman–Crippen LogP) is 6.57. The van der Waals surface area contributed by atoms with Gasteiger partial charge in [-0.15, -0.1) is 0 Å². The summed E-state index contributed by atoms with van der Waals surface area (Å²) in [6, 6.07) is 31.7. The van der Waals surface area contributed by atoms with Crippen molar-refractivity contribution in [2.24, 2.45) is 0 Å². The van der Waals surface area contributed by atoms with Crippen LogP contribution in [0.2, 0.25) is 0 Å². The summed E-state index contributed by atoms with van der Waals surface area (Å²) in [4.78, 5) is 52.6. The van der Waals surface area contributed by atoms with E-state index >= 15 is 0 Å². The van der Waals surface area contributed by atoms with Crippen LogP contribution in [0.15, 0.2) is 109 Å². The Bertz CT molecular complexity index is 1760. The standard InChI is InChI=1S/C34H18O4/c35-31(21-12-14-25-23-8-1-3-10-27(23)33(37)29(25)17-21)19-6-5-7-20(16-19)32(36)22-13-15-26-24-9-2-4-11-28(24)34(38)30(26)18-22/h1-18H. The molecule has 0 N–H and O–H groups in total. The van der Waals surface area contributed by atoms with Crippen LogP contribution in [-0.4, -0.2) is 23.1 Å². The van der Waals surface area contributed by atoms with E-state index in [2.05, 4.69) is 0 Å². The molecule has 0 heterocycles. The number of hydrogen-bond acceptors (Lipinski definition) is 4. The van der Waals surface area contributed by atoms with Crippen molar-refractivity contribution in [2.75, 3.05) is 0 Å². The predicted molar refractivity (Wildman–Crippen MR) is 144 cm³/mol. The van der Waals surface area contributed by atoms with Crippen LogP contribution in [0, 0.1) is 0 Å². The summed E-state index contributed by atoms with van der Waals surface area (Å²) in [5.74, 6) is -0.735. The first-order valence-corrected chi connectivity index (χ1v) is 12.3. The number of carbonyl (C=O) groups excluding carboxylic acids is 4. The molecule has 0 aliphatic heterocycles. The fourth-order valence-electron chi connectivity index (χ4n) is 5.47. The Balaban J connectivity index is 1.20. The summed E-state index contributed by atoms with van der Waals surface area (Å²) in [7, 11) is 0. The van der Waals surface area contributed by atoms with Gasteiger partial charge in [0.2, 0.25) is 0 Å². The van der Waals surface area contributed by atoms with Gasteiger partial charge in [-0.25, -0.2) is 0 Å². The number of rotatable bonds is 4. The van der Waals surface area contributed by atoms with Crippen LogP contribution in [0.25, 0.3) is 22.3 Å². The fourth-order valence-corrected chi connectivity index (χ4v) is 5.47. The maximum atomic E-state index is 13.4. The van der Waals surface area contributed by atoms with Crippen LogP contribution in [-0.2, 0) is 0 Å². The molecular weight excluding hydrogens is 472 g/mol. The molecule has 0 amide bonds. The Hall–Kier alpha value is -5.22. The molecule has 38 heavy (non-hydrogen) atoms. The Kier molecular flexibility index (Phi) is 4.72. The summed E-state index contributed by atoms with van der Waals surface area (Å²) in [6.07, 6.45) is 0. The minimum atomic E-state index is -0.272. The lowest BCUT2D eigenvalue weighted by molar-refractivity contribution is 0.103. The van der Waals surface area contributed by atoms with E-state index in [-0.39, 0.29) is 23.1 Å². The van der Waals surface area contributed by atoms with Gasteiger partial charge in [0, 0.05) is 44.5 Å². The van der Waals surface area contributed by atoms with E-state index in [1.165, 1.54) is 0 Å². The van der Waals surface area contributed by atoms with E-state index in [1.54, 1.807) is 72.8 Å². The zero-order valence-electron chi connectivity index (χ0n) is 20.0. The number of hydrogen-bond donors (Lipinski definition) is 0. The second-order valence-corrected chi connectivity index (χ2v) is 9.51. The first-order valence-electron chi connectivity index (χ1n) is 12.3. The van der Waals surface area contributed by atoms with Gasteiger partial charge in [-0.1, -0.05) is 91.0 Å². The van der Waals surface area contributed by atoms with Crippen molar-refractivity contribution < 1.29 is 19.2 Å². The van der Waals surface area contributed by atoms with Gasteiger partial charge in [0.1, 0.15) is 0 Å². The molecule has 5 aromatic rings. The van der Waals surface area contributed by atoms with E-state index in [0.717, 1.165) is 22.3 Å². The molecule has 4 nitrogen and oxygen atoms in total. The fraction of sp³-hybridized carbons (Fsp3) is 0. The highest BCUT2D eigenvalue weighted by atomic mass is 16.1. The van der Waals surface area contributed by atoms with Crippen molar-refractivity contribution in [3.8, 4) is 22.3 Å². The smallest absolute Gasteiger partial charge is 0.194 e. The second kappa shape index (κ2) is 8.15. The average molecular weight is 491 g/mol. The normalized spacial score (nSPS) is 12.5. The van der Waals surface area contributed by atoms with Gasteiger partial charge in [-0.05, 0) is 40.5 Å². The summed E-state index contributed by atoms with van der Waals surface area (Å²) in [5.41, 5.74) is 7.13. The molecule has 2 aliphatic carbocycles. The quantitative estimate of drug-likeness (QED) is 0.262. The van der Waals surface area contributed by atoms with Gasteiger partial charge in [-0.3, -0.25) is 19.2 Å². The molecule has 0 bridgehead atoms. The van der Waals surface area contributed by atoms with Gasteiger partial charge < -0.3 is 0 Å². The van der Waals surface area contributed by atoms with Crippen LogP contribution in [0.1, 0.15) is 63.7 Å². The molecule has 4 heteroatoms. The highest BCUT2D eigenvalue weighted by Gasteiger charge is 2.29. The Labute approximate surface area is 218 Å². The Morgan fingerprint density at radius 3 is 1.16 bits per heavy atom. The van der Waals surface area contributed by atoms with Gasteiger partial charge in [0.25, 0.3) is 0 Å². The highest BCUT2D eigenvalue weighted by molar-refractivity contribution is 6.24. The van der Waals surface area contributed by atoms with Crippen LogP contribution in [0.5, 0.6) is 0 Å². The molecule has 0 atom stereocenters. The third-order valence-corrected chi connectivity index (χ3v) is 7.36. The van der Waals surface area contributed by atoms with E-state index < -0.39 is 0 Å². The van der Waals surface area contributed by atoms with Crippen molar-refractivity contribution in [1.29, 1.82) is 0 Å². The Morgan fingerprint density at radius 1 is 0.342 bits per heavy atom. The first-order chi connectivity index (χ1) is 18.5. The number of benzene rings is 5. The molecule has 0 spiro atoms. The van der Waals surface area contributed by atoms with E-state index in [9.17, 15) is 19.2 Å². The van der Waals surface area contributed by atoms with E-state index in [1.807, 2.05) is 36.4 Å². The van der Waals surface area contributed by atoms with Crippen LogP contribution in [0.3, 0.4) is 0 Å². The zero-order valence-corrected chi connectivity index (χ0v) is 20.0. The molecule has 0 saturated heterocycles. The maximum absolute atomic E-state index is 13.4. The molecule has 7 rings (SSSR count). The van der Waals surface area contributed by atoms with Crippen molar-refractivity contribution >= 4 is 23.1 Å².